The Kier molecular flexibility index (Phi) is 4.19. The van der Waals surface area contributed by atoms with Gasteiger partial charge in [0.15, 0.2) is 0 Å². The highest BCUT2D eigenvalue weighted by atomic mass is 32.1. The minimum Gasteiger partial charge on any atom is -0.343 e. The summed E-state index contributed by atoms with van der Waals surface area (Å²) in [6.07, 6.45) is 3.95. The Morgan fingerprint density at radius 3 is 2.62 bits per heavy atom. The van der Waals surface area contributed by atoms with Crippen LogP contribution in [0.1, 0.15) is 36.4 Å². The van der Waals surface area contributed by atoms with Gasteiger partial charge in [-0.15, -0.1) is 11.3 Å². The number of aryl methyl sites for hydroxylation is 2. The van der Waals surface area contributed by atoms with Crippen molar-refractivity contribution in [1.82, 2.24) is 19.4 Å². The summed E-state index contributed by atoms with van der Waals surface area (Å²) < 4.78 is 3.12. The number of thiazole rings is 1. The van der Waals surface area contributed by atoms with Gasteiger partial charge in [-0.05, 0) is 31.9 Å². The summed E-state index contributed by atoms with van der Waals surface area (Å²) in [4.78, 5) is 30.0. The number of aromatic nitrogens is 3. The van der Waals surface area contributed by atoms with Crippen molar-refractivity contribution in [2.75, 3.05) is 0 Å². The third-order valence-electron chi connectivity index (χ3n) is 5.22. The zero-order valence-corrected chi connectivity index (χ0v) is 15.8. The Morgan fingerprint density at radius 2 is 1.96 bits per heavy atom. The van der Waals surface area contributed by atoms with Gasteiger partial charge in [0.05, 0.1) is 16.6 Å². The first kappa shape index (κ1) is 17.0. The number of nitrogens with one attached hydrogen (secondary N) is 1. The monoisotopic (exact) mass is 370 g/mol. The van der Waals surface area contributed by atoms with Crippen molar-refractivity contribution in [3.05, 3.63) is 50.8 Å². The van der Waals surface area contributed by atoms with Gasteiger partial charge in [-0.2, -0.15) is 0 Å². The van der Waals surface area contributed by atoms with Crippen LogP contribution in [0.5, 0.6) is 0 Å². The zero-order valence-electron chi connectivity index (χ0n) is 15.0. The lowest BCUT2D eigenvalue weighted by Gasteiger charge is -2.28. The Labute approximate surface area is 155 Å². The van der Waals surface area contributed by atoms with Crippen molar-refractivity contribution in [3.63, 3.8) is 0 Å². The van der Waals surface area contributed by atoms with E-state index < -0.39 is 0 Å². The predicted molar refractivity (Wildman–Crippen MR) is 102 cm³/mol. The molecular weight excluding hydrogens is 348 g/mol. The van der Waals surface area contributed by atoms with E-state index in [4.69, 9.17) is 0 Å². The van der Waals surface area contributed by atoms with E-state index in [2.05, 4.69) is 10.3 Å². The SMILES string of the molecule is Cc1csc(C2(NC(=O)Cn3c(=O)n(C)c4ccccc43)CCCC2)n1. The number of amides is 1. The molecule has 7 heteroatoms. The van der Waals surface area contributed by atoms with Crippen molar-refractivity contribution in [1.29, 1.82) is 0 Å². The molecule has 0 bridgehead atoms. The lowest BCUT2D eigenvalue weighted by Crippen LogP contribution is -2.46. The minimum absolute atomic E-state index is 0.0201. The molecule has 6 nitrogen and oxygen atoms in total. The molecule has 26 heavy (non-hydrogen) atoms. The van der Waals surface area contributed by atoms with Crippen LogP contribution in [-0.4, -0.2) is 20.0 Å². The summed E-state index contributed by atoms with van der Waals surface area (Å²) in [5.74, 6) is -0.141. The summed E-state index contributed by atoms with van der Waals surface area (Å²) in [6, 6.07) is 7.54. The summed E-state index contributed by atoms with van der Waals surface area (Å²) in [5, 5.41) is 6.21. The van der Waals surface area contributed by atoms with Gasteiger partial charge in [0.2, 0.25) is 5.91 Å². The molecule has 2 aromatic heterocycles. The fourth-order valence-electron chi connectivity index (χ4n) is 3.91. The molecule has 1 aliphatic rings. The predicted octanol–water partition coefficient (Wildman–Crippen LogP) is 2.69. The van der Waals surface area contributed by atoms with E-state index in [9.17, 15) is 9.59 Å². The lowest BCUT2D eigenvalue weighted by atomic mass is 9.98. The second kappa shape index (κ2) is 6.39. The molecule has 1 N–H and O–H groups in total. The van der Waals surface area contributed by atoms with Crippen molar-refractivity contribution >= 4 is 28.3 Å². The first-order valence-electron chi connectivity index (χ1n) is 8.88. The number of hydrogen-bond acceptors (Lipinski definition) is 4. The molecule has 2 heterocycles. The molecule has 0 unspecified atom stereocenters. The van der Waals surface area contributed by atoms with E-state index in [1.165, 1.54) is 0 Å². The molecule has 1 aliphatic carbocycles. The van der Waals surface area contributed by atoms with E-state index in [0.29, 0.717) is 0 Å². The molecule has 1 fully saturated rings. The molecule has 4 rings (SSSR count). The molecule has 3 aromatic rings. The average molecular weight is 370 g/mol. The van der Waals surface area contributed by atoms with Gasteiger partial charge >= 0.3 is 5.69 Å². The fraction of sp³-hybridized carbons (Fsp3) is 0.421. The highest BCUT2D eigenvalue weighted by molar-refractivity contribution is 7.09. The number of carbonyl (C=O) groups excluding carboxylic acids is 1. The summed E-state index contributed by atoms with van der Waals surface area (Å²) in [5.41, 5.74) is 2.03. The van der Waals surface area contributed by atoms with Crippen LogP contribution in [0.15, 0.2) is 34.4 Å². The molecule has 0 radical (unpaired) electrons. The molecule has 1 aromatic carbocycles. The lowest BCUT2D eigenvalue weighted by molar-refractivity contribution is -0.123. The van der Waals surface area contributed by atoms with Crippen LogP contribution in [0.2, 0.25) is 0 Å². The molecular formula is C19H22N4O2S. The van der Waals surface area contributed by atoms with Crippen LogP contribution >= 0.6 is 11.3 Å². The van der Waals surface area contributed by atoms with Gasteiger partial charge in [0.25, 0.3) is 0 Å². The summed E-state index contributed by atoms with van der Waals surface area (Å²) in [7, 11) is 1.73. The molecule has 136 valence electrons. The number of rotatable bonds is 4. The minimum atomic E-state index is -0.385. The second-order valence-corrected chi connectivity index (χ2v) is 7.91. The molecule has 0 aliphatic heterocycles. The zero-order chi connectivity index (χ0) is 18.3. The van der Waals surface area contributed by atoms with Crippen LogP contribution < -0.4 is 11.0 Å². The van der Waals surface area contributed by atoms with Gasteiger partial charge in [-0.25, -0.2) is 9.78 Å². The fourth-order valence-corrected chi connectivity index (χ4v) is 4.92. The van der Waals surface area contributed by atoms with Crippen LogP contribution in [0.4, 0.5) is 0 Å². The van der Waals surface area contributed by atoms with Crippen LogP contribution in [0.25, 0.3) is 11.0 Å². The Hall–Kier alpha value is -2.41. The number of para-hydroxylation sites is 2. The van der Waals surface area contributed by atoms with Crippen LogP contribution in [0.3, 0.4) is 0 Å². The molecule has 1 saturated carbocycles. The number of imidazole rings is 1. The topological polar surface area (TPSA) is 68.9 Å². The Balaban J connectivity index is 1.63. The highest BCUT2D eigenvalue weighted by Gasteiger charge is 2.39. The molecule has 0 spiro atoms. The number of hydrogen-bond donors (Lipinski definition) is 1. The maximum atomic E-state index is 12.9. The van der Waals surface area contributed by atoms with Crippen LogP contribution in [-0.2, 0) is 23.9 Å². The van der Waals surface area contributed by atoms with Gasteiger partial charge in [0.1, 0.15) is 11.6 Å². The maximum Gasteiger partial charge on any atom is 0.329 e. The standard InChI is InChI=1S/C19H22N4O2S/c1-13-12-26-17(20-13)19(9-5-6-10-19)21-16(24)11-23-15-8-4-3-7-14(15)22(2)18(23)25/h3-4,7-8,12H,5-6,9-11H2,1-2H3,(H,21,24). The Bertz CT molecular complexity index is 1020. The largest absolute Gasteiger partial charge is 0.343 e. The van der Waals surface area contributed by atoms with Crippen molar-refractivity contribution in [2.45, 2.75) is 44.7 Å². The van der Waals surface area contributed by atoms with Gasteiger partial charge in [0, 0.05) is 18.1 Å². The van der Waals surface area contributed by atoms with E-state index in [1.54, 1.807) is 27.5 Å². The molecule has 0 saturated heterocycles. The number of carbonyl (C=O) groups is 1. The Morgan fingerprint density at radius 1 is 1.27 bits per heavy atom. The average Bonchev–Trinajstić information content (AvgIpc) is 3.32. The molecule has 0 atom stereocenters. The third-order valence-corrected chi connectivity index (χ3v) is 6.38. The van der Waals surface area contributed by atoms with Crippen LogP contribution in [0, 0.1) is 6.92 Å². The van der Waals surface area contributed by atoms with Crippen molar-refractivity contribution < 1.29 is 4.79 Å². The molecule has 1 amide bonds. The van der Waals surface area contributed by atoms with Crippen molar-refractivity contribution in [2.24, 2.45) is 7.05 Å². The normalized spacial score (nSPS) is 16.2. The van der Waals surface area contributed by atoms with Gasteiger partial charge in [-0.3, -0.25) is 13.9 Å². The first-order valence-corrected chi connectivity index (χ1v) is 9.76. The number of fused-ring (bicyclic) bond motifs is 1. The van der Waals surface area contributed by atoms with Gasteiger partial charge in [-0.1, -0.05) is 25.0 Å². The summed E-state index contributed by atoms with van der Waals surface area (Å²) in [6.45, 7) is 1.99. The summed E-state index contributed by atoms with van der Waals surface area (Å²) >= 11 is 1.61. The van der Waals surface area contributed by atoms with Crippen molar-refractivity contribution in [3.8, 4) is 0 Å². The van der Waals surface area contributed by atoms with E-state index >= 15 is 0 Å². The number of benzene rings is 1. The second-order valence-electron chi connectivity index (χ2n) is 7.05. The quantitative estimate of drug-likeness (QED) is 0.768. The van der Waals surface area contributed by atoms with E-state index in [0.717, 1.165) is 47.4 Å². The van der Waals surface area contributed by atoms with E-state index in [1.807, 2.05) is 36.6 Å². The number of nitrogens with zero attached hydrogens (tertiary/aromatic N) is 3. The first-order chi connectivity index (χ1) is 12.5. The highest BCUT2D eigenvalue weighted by Crippen LogP contribution is 2.40. The third kappa shape index (κ3) is 2.76. The smallest absolute Gasteiger partial charge is 0.329 e. The van der Waals surface area contributed by atoms with E-state index in [-0.39, 0.29) is 23.7 Å². The maximum absolute atomic E-state index is 12.9. The van der Waals surface area contributed by atoms with Gasteiger partial charge < -0.3 is 5.32 Å².